The van der Waals surface area contributed by atoms with E-state index in [1.54, 1.807) is 20.8 Å². The molecule has 18 heavy (non-hydrogen) atoms. The van der Waals surface area contributed by atoms with Crippen molar-refractivity contribution >= 4 is 40.3 Å². The Morgan fingerprint density at radius 3 is 2.11 bits per heavy atom. The van der Waals surface area contributed by atoms with Crippen molar-refractivity contribution in [2.75, 3.05) is 19.8 Å². The van der Waals surface area contributed by atoms with Gasteiger partial charge in [0.15, 0.2) is 0 Å². The van der Waals surface area contributed by atoms with Crippen LogP contribution < -0.4 is 0 Å². The molecule has 1 atom stereocenters. The van der Waals surface area contributed by atoms with Crippen LogP contribution >= 0.6 is 24.0 Å². The second-order valence-corrected chi connectivity index (χ2v) is 4.86. The molecule has 0 aromatic carbocycles. The van der Waals surface area contributed by atoms with Crippen molar-refractivity contribution in [3.63, 3.8) is 0 Å². The van der Waals surface area contributed by atoms with Crippen LogP contribution in [0.4, 0.5) is 0 Å². The molecule has 0 saturated carbocycles. The van der Waals surface area contributed by atoms with E-state index in [0.717, 1.165) is 11.8 Å². The molecular formula is C11H18O5S2. The number of thiocarbonyl (C=S) groups is 1. The van der Waals surface area contributed by atoms with Gasteiger partial charge in [0.2, 0.25) is 4.38 Å². The zero-order chi connectivity index (χ0) is 14.0. The number of esters is 2. The molecule has 104 valence electrons. The Balaban J connectivity index is 4.46. The molecule has 5 nitrogen and oxygen atoms in total. The molecule has 0 rings (SSSR count). The summed E-state index contributed by atoms with van der Waals surface area (Å²) in [7, 11) is 0. The van der Waals surface area contributed by atoms with E-state index in [2.05, 4.69) is 0 Å². The average Bonchev–Trinajstić information content (AvgIpc) is 2.29. The standard InChI is InChI=1S/C11H18O5S2/c1-4-14-9(12)7-8(10(13)15-5-2)18-11(17)16-6-3/h8H,4-7H2,1-3H3/t8-/m1/s1. The van der Waals surface area contributed by atoms with Gasteiger partial charge >= 0.3 is 11.9 Å². The summed E-state index contributed by atoms with van der Waals surface area (Å²) in [5, 5.41) is -0.719. The molecule has 0 aromatic heterocycles. The highest BCUT2D eigenvalue weighted by atomic mass is 32.2. The molecule has 0 unspecified atom stereocenters. The van der Waals surface area contributed by atoms with Gasteiger partial charge in [0.25, 0.3) is 0 Å². The second-order valence-electron chi connectivity index (χ2n) is 3.05. The van der Waals surface area contributed by atoms with Crippen molar-refractivity contribution in [1.29, 1.82) is 0 Å². The Labute approximate surface area is 117 Å². The van der Waals surface area contributed by atoms with E-state index in [0.29, 0.717) is 6.61 Å². The Morgan fingerprint density at radius 1 is 1.06 bits per heavy atom. The Hall–Kier alpha value is -0.820. The summed E-state index contributed by atoms with van der Waals surface area (Å²) < 4.78 is 15.0. The largest absolute Gasteiger partial charge is 0.479 e. The average molecular weight is 294 g/mol. The number of ether oxygens (including phenoxy) is 3. The van der Waals surface area contributed by atoms with E-state index in [4.69, 9.17) is 26.4 Å². The molecular weight excluding hydrogens is 276 g/mol. The van der Waals surface area contributed by atoms with Crippen LogP contribution in [0, 0.1) is 0 Å². The maximum Gasteiger partial charge on any atom is 0.320 e. The molecule has 0 fully saturated rings. The first-order valence-corrected chi connectivity index (χ1v) is 6.99. The number of thioether (sulfide) groups is 1. The smallest absolute Gasteiger partial charge is 0.320 e. The van der Waals surface area contributed by atoms with E-state index in [1.165, 1.54) is 0 Å². The first kappa shape index (κ1) is 17.2. The van der Waals surface area contributed by atoms with Gasteiger partial charge in [-0.25, -0.2) is 0 Å². The predicted octanol–water partition coefficient (Wildman–Crippen LogP) is 1.93. The Morgan fingerprint density at radius 2 is 1.61 bits per heavy atom. The molecule has 0 spiro atoms. The topological polar surface area (TPSA) is 61.8 Å². The maximum absolute atomic E-state index is 11.7. The minimum Gasteiger partial charge on any atom is -0.479 e. The lowest BCUT2D eigenvalue weighted by molar-refractivity contribution is -0.149. The van der Waals surface area contributed by atoms with Crippen molar-refractivity contribution in [3.05, 3.63) is 0 Å². The normalized spacial score (nSPS) is 11.5. The van der Waals surface area contributed by atoms with Crippen molar-refractivity contribution < 1.29 is 23.8 Å². The number of carbonyl (C=O) groups excluding carboxylic acids is 2. The van der Waals surface area contributed by atoms with Crippen LogP contribution in [0.3, 0.4) is 0 Å². The van der Waals surface area contributed by atoms with Gasteiger partial charge in [0, 0.05) is 0 Å². The maximum atomic E-state index is 11.7. The van der Waals surface area contributed by atoms with Crippen LogP contribution in [0.25, 0.3) is 0 Å². The molecule has 0 radical (unpaired) electrons. The fraction of sp³-hybridized carbons (Fsp3) is 0.727. The van der Waals surface area contributed by atoms with E-state index in [-0.39, 0.29) is 24.0 Å². The summed E-state index contributed by atoms with van der Waals surface area (Å²) in [4.78, 5) is 23.0. The highest BCUT2D eigenvalue weighted by Crippen LogP contribution is 2.20. The minimum absolute atomic E-state index is 0.0788. The molecule has 0 heterocycles. The van der Waals surface area contributed by atoms with Crippen LogP contribution in [0.2, 0.25) is 0 Å². The van der Waals surface area contributed by atoms with Crippen molar-refractivity contribution in [3.8, 4) is 0 Å². The highest BCUT2D eigenvalue weighted by molar-refractivity contribution is 8.23. The lowest BCUT2D eigenvalue weighted by atomic mass is 10.3. The number of hydrogen-bond acceptors (Lipinski definition) is 7. The van der Waals surface area contributed by atoms with Crippen molar-refractivity contribution in [2.45, 2.75) is 32.4 Å². The van der Waals surface area contributed by atoms with Gasteiger partial charge < -0.3 is 14.2 Å². The quantitative estimate of drug-likeness (QED) is 0.525. The van der Waals surface area contributed by atoms with E-state index in [1.807, 2.05) is 0 Å². The van der Waals surface area contributed by atoms with E-state index >= 15 is 0 Å². The number of hydrogen-bond donors (Lipinski definition) is 0. The highest BCUT2D eigenvalue weighted by Gasteiger charge is 2.26. The summed E-state index contributed by atoms with van der Waals surface area (Å²) in [6.45, 7) is 6.13. The molecule has 0 bridgehead atoms. The predicted molar refractivity (Wildman–Crippen MR) is 73.5 cm³/mol. The van der Waals surface area contributed by atoms with E-state index in [9.17, 15) is 9.59 Å². The third kappa shape index (κ3) is 7.50. The van der Waals surface area contributed by atoms with Gasteiger partial charge in [-0.3, -0.25) is 9.59 Å². The SMILES string of the molecule is CCOC(=O)C[C@@H](SC(=S)OCC)C(=O)OCC. The van der Waals surface area contributed by atoms with Gasteiger partial charge in [-0.1, -0.05) is 11.8 Å². The van der Waals surface area contributed by atoms with Crippen LogP contribution in [0.5, 0.6) is 0 Å². The minimum atomic E-state index is -0.719. The van der Waals surface area contributed by atoms with E-state index < -0.39 is 17.2 Å². The summed E-state index contributed by atoms with van der Waals surface area (Å²) >= 11 is 5.94. The Kier molecular flexibility index (Phi) is 9.67. The number of rotatable bonds is 7. The van der Waals surface area contributed by atoms with Gasteiger partial charge in [0.05, 0.1) is 26.2 Å². The molecule has 0 aromatic rings. The summed E-state index contributed by atoms with van der Waals surface area (Å²) in [5.41, 5.74) is 0. The number of carbonyl (C=O) groups is 2. The fourth-order valence-electron chi connectivity index (χ4n) is 1.05. The zero-order valence-corrected chi connectivity index (χ0v) is 12.4. The molecule has 0 aliphatic heterocycles. The summed E-state index contributed by atoms with van der Waals surface area (Å²) in [5.74, 6) is -0.944. The van der Waals surface area contributed by atoms with Crippen molar-refractivity contribution in [2.24, 2.45) is 0 Å². The van der Waals surface area contributed by atoms with Gasteiger partial charge in [-0.15, -0.1) is 0 Å². The lowest BCUT2D eigenvalue weighted by Gasteiger charge is -2.14. The lowest BCUT2D eigenvalue weighted by Crippen LogP contribution is -2.26. The van der Waals surface area contributed by atoms with Crippen LogP contribution in [0.15, 0.2) is 0 Å². The summed E-state index contributed by atoms with van der Waals surface area (Å²) in [6, 6.07) is 0. The molecule has 0 aliphatic carbocycles. The third-order valence-electron chi connectivity index (χ3n) is 1.71. The van der Waals surface area contributed by atoms with Crippen molar-refractivity contribution in [1.82, 2.24) is 0 Å². The zero-order valence-electron chi connectivity index (χ0n) is 10.8. The van der Waals surface area contributed by atoms with Gasteiger partial charge in [-0.05, 0) is 33.0 Å². The second kappa shape index (κ2) is 10.1. The molecule has 0 aliphatic rings. The Bertz CT molecular complexity index is 273. The van der Waals surface area contributed by atoms with Gasteiger partial charge in [-0.2, -0.15) is 0 Å². The molecule has 0 N–H and O–H groups in total. The first-order chi connectivity index (χ1) is 8.54. The fourth-order valence-corrected chi connectivity index (χ4v) is 2.32. The molecule has 7 heteroatoms. The van der Waals surface area contributed by atoms with Crippen LogP contribution in [0.1, 0.15) is 27.2 Å². The monoisotopic (exact) mass is 294 g/mol. The van der Waals surface area contributed by atoms with Crippen LogP contribution in [-0.4, -0.2) is 41.4 Å². The molecule has 0 amide bonds. The molecule has 0 saturated heterocycles. The third-order valence-corrected chi connectivity index (χ3v) is 3.07. The first-order valence-electron chi connectivity index (χ1n) is 5.70. The van der Waals surface area contributed by atoms with Crippen LogP contribution in [-0.2, 0) is 23.8 Å². The summed E-state index contributed by atoms with van der Waals surface area (Å²) in [6.07, 6.45) is -0.0788. The van der Waals surface area contributed by atoms with Gasteiger partial charge in [0.1, 0.15) is 5.25 Å².